The van der Waals surface area contributed by atoms with Gasteiger partial charge in [0.15, 0.2) is 0 Å². The maximum Gasteiger partial charge on any atom is 0.0637 e. The predicted octanol–water partition coefficient (Wildman–Crippen LogP) is 15.9. The molecule has 0 aliphatic carbocycles. The van der Waals surface area contributed by atoms with Gasteiger partial charge < -0.3 is 37.9 Å². The van der Waals surface area contributed by atoms with Crippen molar-refractivity contribution in [2.24, 2.45) is 34.5 Å². The lowest BCUT2D eigenvalue weighted by Crippen LogP contribution is -2.42. The summed E-state index contributed by atoms with van der Waals surface area (Å²) in [4.78, 5) is 0. The van der Waals surface area contributed by atoms with Crippen LogP contribution >= 0.6 is 47.0 Å². The van der Waals surface area contributed by atoms with Crippen LogP contribution in [0.4, 0.5) is 0 Å². The maximum atomic E-state index is 6.24. The Morgan fingerprint density at radius 2 is 0.400 bits per heavy atom. The van der Waals surface area contributed by atoms with Crippen LogP contribution in [0, 0.1) is 34.5 Å². The quantitative estimate of drug-likeness (QED) is 0.0545. The fourth-order valence-electron chi connectivity index (χ4n) is 7.10. The van der Waals surface area contributed by atoms with E-state index in [1.54, 1.807) is 0 Å². The van der Waals surface area contributed by atoms with Gasteiger partial charge in [-0.3, -0.25) is 0 Å². The molecule has 0 unspecified atom stereocenters. The molecule has 0 saturated carbocycles. The molecule has 0 saturated heterocycles. The summed E-state index contributed by atoms with van der Waals surface area (Å²) in [5.74, 6) is 7.44. The van der Waals surface area contributed by atoms with E-state index in [-0.39, 0.29) is 10.8 Å². The van der Waals surface area contributed by atoms with Crippen LogP contribution < -0.4 is 0 Å². The van der Waals surface area contributed by atoms with E-state index >= 15 is 0 Å². The highest BCUT2D eigenvalue weighted by molar-refractivity contribution is 8.00. The topological polar surface area (TPSA) is 73.8 Å². The van der Waals surface area contributed by atoms with Gasteiger partial charge in [0.05, 0.1) is 63.7 Å². The fourth-order valence-corrected chi connectivity index (χ4v) is 10.1. The highest BCUT2D eigenvalue weighted by Crippen LogP contribution is 2.25. The van der Waals surface area contributed by atoms with E-state index in [9.17, 15) is 0 Å². The lowest BCUT2D eigenvalue weighted by Gasteiger charge is -2.33. The molecule has 12 heteroatoms. The van der Waals surface area contributed by atoms with Crippen molar-refractivity contribution in [3.8, 4) is 0 Å². The molecule has 8 nitrogen and oxygen atoms in total. The molecular formula is C58H120O8S4. The zero-order valence-electron chi connectivity index (χ0n) is 49.1. The van der Waals surface area contributed by atoms with Crippen molar-refractivity contribution in [1.29, 1.82) is 0 Å². The lowest BCUT2D eigenvalue weighted by atomic mass is 9.92. The SMILES string of the molecule is CC(C)CCCOCC(COCCCC(C)C)(COCCCC(C)C)COCCCC(C)C.CC(C)SCCCOCC(COCCCSC(C)C)(COCCCSC(C)C)COCCCSC(C)C. The molecule has 0 aliphatic rings. The summed E-state index contributed by atoms with van der Waals surface area (Å²) in [7, 11) is 0. The number of hydrogen-bond acceptors (Lipinski definition) is 12. The summed E-state index contributed by atoms with van der Waals surface area (Å²) in [6.45, 7) is 47.6. The molecule has 0 radical (unpaired) electrons. The Labute approximate surface area is 454 Å². The maximum absolute atomic E-state index is 6.24. The van der Waals surface area contributed by atoms with E-state index in [2.05, 4.69) is 111 Å². The Morgan fingerprint density at radius 1 is 0.243 bits per heavy atom. The third-order valence-corrected chi connectivity index (χ3v) is 15.8. The average molecular weight is 1070 g/mol. The lowest BCUT2D eigenvalue weighted by molar-refractivity contribution is -0.108. The molecule has 0 aromatic carbocycles. The molecule has 0 bridgehead atoms. The Morgan fingerprint density at radius 3 is 0.543 bits per heavy atom. The van der Waals surface area contributed by atoms with Crippen LogP contribution in [0.5, 0.6) is 0 Å². The van der Waals surface area contributed by atoms with Gasteiger partial charge in [-0.1, -0.05) is 111 Å². The second-order valence-corrected chi connectivity index (χ2v) is 29.4. The second-order valence-electron chi connectivity index (χ2n) is 22.7. The van der Waals surface area contributed by atoms with Crippen LogP contribution in [0.25, 0.3) is 0 Å². The molecule has 0 heterocycles. The van der Waals surface area contributed by atoms with Crippen molar-refractivity contribution in [2.45, 2.75) is 209 Å². The summed E-state index contributed by atoms with van der Waals surface area (Å²) < 4.78 is 49.8. The van der Waals surface area contributed by atoms with Crippen LogP contribution in [0.1, 0.15) is 188 Å². The van der Waals surface area contributed by atoms with E-state index < -0.39 is 0 Å². The standard InChI is InChI=1S/C29H60O4S4.C29H60O4/c1-25(2)34-17-9-13-30-21-29(22-31-14-10-18-35-26(3)4,23-32-15-11-19-36-27(5)6)24-33-16-12-20-37-28(7)8;1-25(2)13-9-17-30-21-29(22-31-18-10-14-26(3)4,23-32-19-11-15-27(5)6)24-33-20-12-16-28(7)8/h25-28H,9-24H2,1-8H3;25-28H,9-24H2,1-8H3. The van der Waals surface area contributed by atoms with Gasteiger partial charge in [-0.05, 0) is 145 Å². The Hall–Kier alpha value is 1.08. The molecule has 0 fully saturated rings. The van der Waals surface area contributed by atoms with Gasteiger partial charge in [0.1, 0.15) is 0 Å². The van der Waals surface area contributed by atoms with Crippen LogP contribution in [0.3, 0.4) is 0 Å². The first-order valence-electron chi connectivity index (χ1n) is 28.4. The van der Waals surface area contributed by atoms with Crippen molar-refractivity contribution in [1.82, 2.24) is 0 Å². The molecule has 0 rings (SSSR count). The predicted molar refractivity (Wildman–Crippen MR) is 317 cm³/mol. The summed E-state index contributed by atoms with van der Waals surface area (Å²) >= 11 is 8.00. The van der Waals surface area contributed by atoms with Gasteiger partial charge in [0, 0.05) is 52.9 Å². The van der Waals surface area contributed by atoms with Crippen LogP contribution in [-0.4, -0.2) is 150 Å². The molecular weight excluding hydrogens is 953 g/mol. The number of thioether (sulfide) groups is 4. The monoisotopic (exact) mass is 1070 g/mol. The van der Waals surface area contributed by atoms with Crippen molar-refractivity contribution in [2.75, 3.05) is 129 Å². The van der Waals surface area contributed by atoms with Gasteiger partial charge in [0.25, 0.3) is 0 Å². The zero-order valence-corrected chi connectivity index (χ0v) is 52.4. The fraction of sp³-hybridized carbons (Fsp3) is 1.00. The molecule has 0 atom stereocenters. The highest BCUT2D eigenvalue weighted by atomic mass is 32.2. The molecule has 70 heavy (non-hydrogen) atoms. The van der Waals surface area contributed by atoms with Crippen LogP contribution in [0.15, 0.2) is 0 Å². The summed E-state index contributed by atoms with van der Waals surface area (Å²) in [5, 5.41) is 2.69. The van der Waals surface area contributed by atoms with E-state index in [0.717, 1.165) is 151 Å². The Balaban J connectivity index is 0. The van der Waals surface area contributed by atoms with Crippen LogP contribution in [0.2, 0.25) is 0 Å². The molecule has 0 aromatic heterocycles. The van der Waals surface area contributed by atoms with Crippen molar-refractivity contribution in [3.05, 3.63) is 0 Å². The first-order chi connectivity index (χ1) is 33.3. The third-order valence-electron chi connectivity index (χ3n) is 11.1. The van der Waals surface area contributed by atoms with Crippen molar-refractivity contribution >= 4 is 47.0 Å². The van der Waals surface area contributed by atoms with Crippen LogP contribution in [-0.2, 0) is 37.9 Å². The van der Waals surface area contributed by atoms with E-state index in [1.807, 2.05) is 47.0 Å². The molecule has 0 aliphatic heterocycles. The first-order valence-corrected chi connectivity index (χ1v) is 32.6. The highest BCUT2D eigenvalue weighted by Gasteiger charge is 2.34. The minimum atomic E-state index is -0.257. The Kier molecular flexibility index (Phi) is 53.2. The third kappa shape index (κ3) is 53.9. The minimum absolute atomic E-state index is 0.231. The summed E-state index contributed by atoms with van der Waals surface area (Å²) in [5.41, 5.74) is -0.488. The Bertz CT molecular complexity index is 886. The van der Waals surface area contributed by atoms with Gasteiger partial charge in [-0.25, -0.2) is 0 Å². The smallest absolute Gasteiger partial charge is 0.0637 e. The van der Waals surface area contributed by atoms with Gasteiger partial charge in [-0.15, -0.1) is 0 Å². The average Bonchev–Trinajstić information content (AvgIpc) is 3.27. The van der Waals surface area contributed by atoms with E-state index in [0.29, 0.717) is 73.9 Å². The molecule has 0 spiro atoms. The number of rotatable bonds is 52. The summed E-state index contributed by atoms with van der Waals surface area (Å²) in [6.07, 6.45) is 13.5. The summed E-state index contributed by atoms with van der Waals surface area (Å²) in [6, 6.07) is 0. The largest absolute Gasteiger partial charge is 0.381 e. The van der Waals surface area contributed by atoms with Crippen molar-refractivity contribution in [3.63, 3.8) is 0 Å². The number of hydrogen-bond donors (Lipinski definition) is 0. The first kappa shape index (κ1) is 73.2. The van der Waals surface area contributed by atoms with Gasteiger partial charge in [0.2, 0.25) is 0 Å². The minimum Gasteiger partial charge on any atom is -0.381 e. The molecule has 0 amide bonds. The molecule has 0 aromatic rings. The normalized spacial score (nSPS) is 12.7. The molecule has 0 N–H and O–H groups in total. The molecule has 424 valence electrons. The van der Waals surface area contributed by atoms with Gasteiger partial charge in [-0.2, -0.15) is 47.0 Å². The van der Waals surface area contributed by atoms with E-state index in [1.165, 1.54) is 25.7 Å². The second kappa shape index (κ2) is 50.9. The number of ether oxygens (including phenoxy) is 8. The van der Waals surface area contributed by atoms with Crippen molar-refractivity contribution < 1.29 is 37.9 Å². The van der Waals surface area contributed by atoms with Gasteiger partial charge >= 0.3 is 0 Å². The van der Waals surface area contributed by atoms with E-state index in [4.69, 9.17) is 37.9 Å². The zero-order chi connectivity index (χ0) is 52.7.